The van der Waals surface area contributed by atoms with Crippen LogP contribution in [0.15, 0.2) is 52.9 Å². The van der Waals surface area contributed by atoms with Crippen molar-refractivity contribution in [2.24, 2.45) is 0 Å². The number of rotatable bonds is 0. The molecule has 0 saturated carbocycles. The van der Waals surface area contributed by atoms with Crippen LogP contribution < -0.4 is 0 Å². The molecule has 1 N–H and O–H groups in total. The van der Waals surface area contributed by atoms with Crippen molar-refractivity contribution in [2.45, 2.75) is 0 Å². The lowest BCUT2D eigenvalue weighted by atomic mass is 10.3. The van der Waals surface area contributed by atoms with E-state index in [4.69, 9.17) is 4.42 Å². The highest BCUT2D eigenvalue weighted by molar-refractivity contribution is 7.12. The normalized spacial score (nSPS) is 10.7. The van der Waals surface area contributed by atoms with Crippen molar-refractivity contribution in [1.29, 1.82) is 0 Å². The molecule has 0 fully saturated rings. The Labute approximate surface area is 90.6 Å². The van der Waals surface area contributed by atoms with Crippen LogP contribution in [-0.2, 0) is 0 Å². The Morgan fingerprint density at radius 3 is 2.53 bits per heavy atom. The van der Waals surface area contributed by atoms with Gasteiger partial charge in [-0.25, -0.2) is 0 Å². The summed E-state index contributed by atoms with van der Waals surface area (Å²) in [6.07, 6.45) is 0. The van der Waals surface area contributed by atoms with Crippen molar-refractivity contribution in [3.05, 3.63) is 48.5 Å². The average molecular weight is 215 g/mol. The number of benzene rings is 2. The van der Waals surface area contributed by atoms with Crippen molar-refractivity contribution in [2.75, 3.05) is 0 Å². The Morgan fingerprint density at radius 2 is 1.60 bits per heavy atom. The van der Waals surface area contributed by atoms with Crippen LogP contribution >= 0.6 is 11.5 Å². The van der Waals surface area contributed by atoms with Gasteiger partial charge in [-0.1, -0.05) is 35.8 Å². The number of aromatic amines is 1. The van der Waals surface area contributed by atoms with Crippen LogP contribution in [0, 0.1) is 0 Å². The summed E-state index contributed by atoms with van der Waals surface area (Å²) in [5, 5.41) is 0. The van der Waals surface area contributed by atoms with Crippen LogP contribution in [0.25, 0.3) is 21.4 Å². The van der Waals surface area contributed by atoms with Crippen molar-refractivity contribution in [3.8, 4) is 0 Å². The molecule has 0 aliphatic heterocycles. The number of aromatic nitrogens is 1. The molecule has 0 spiro atoms. The average Bonchev–Trinajstić information content (AvgIpc) is 2.48. The van der Waals surface area contributed by atoms with E-state index in [0.29, 0.717) is 0 Å². The molecular formula is C12H9NOS. The molecule has 0 radical (unpaired) electrons. The third-order valence-electron chi connectivity index (χ3n) is 2.23. The first-order valence-electron chi connectivity index (χ1n) is 4.72. The first-order valence-corrected chi connectivity index (χ1v) is 5.54. The molecular weight excluding hydrogens is 206 g/mol. The smallest absolute Gasteiger partial charge is 0.151 e. The van der Waals surface area contributed by atoms with Gasteiger partial charge < -0.3 is 8.79 Å². The van der Waals surface area contributed by atoms with Crippen LogP contribution in [0.5, 0.6) is 0 Å². The van der Waals surface area contributed by atoms with E-state index in [1.807, 2.05) is 48.5 Å². The zero-order chi connectivity index (χ0) is 10.1. The van der Waals surface area contributed by atoms with Gasteiger partial charge in [0, 0.05) is 0 Å². The third kappa shape index (κ3) is 1.51. The highest BCUT2D eigenvalue weighted by Crippen LogP contribution is 2.20. The molecule has 3 heteroatoms. The van der Waals surface area contributed by atoms with Gasteiger partial charge in [-0.2, -0.15) is 0 Å². The van der Waals surface area contributed by atoms with Gasteiger partial charge in [0.15, 0.2) is 5.58 Å². The third-order valence-corrected chi connectivity index (χ3v) is 3.11. The van der Waals surface area contributed by atoms with E-state index >= 15 is 0 Å². The second kappa shape index (κ2) is 3.44. The molecule has 0 aliphatic carbocycles. The summed E-state index contributed by atoms with van der Waals surface area (Å²) >= 11 is 1.58. The van der Waals surface area contributed by atoms with Gasteiger partial charge in [-0.05, 0) is 24.3 Å². The molecule has 0 saturated heterocycles. The molecule has 1 aromatic heterocycles. The SMILES string of the molecule is c1ccc2oc3ccccc3s[nH]c2c1. The standard InChI is InChI=1S/C12H9NOS/c1-2-6-10-9(5-1)13-15-12-8-4-3-7-11(12)14-10/h1-8,13H. The molecule has 0 bridgehead atoms. The Balaban J connectivity index is 2.54. The minimum Gasteiger partial charge on any atom is -0.454 e. The van der Waals surface area contributed by atoms with Gasteiger partial charge in [-0.15, -0.1) is 0 Å². The largest absolute Gasteiger partial charge is 0.454 e. The quantitative estimate of drug-likeness (QED) is 0.601. The van der Waals surface area contributed by atoms with Crippen LogP contribution in [0.1, 0.15) is 0 Å². The zero-order valence-electron chi connectivity index (χ0n) is 7.94. The Kier molecular flexibility index (Phi) is 1.96. The molecule has 0 amide bonds. The number of hydrogen-bond donors (Lipinski definition) is 1. The monoisotopic (exact) mass is 215 g/mol. The first kappa shape index (κ1) is 8.56. The molecule has 0 atom stereocenters. The van der Waals surface area contributed by atoms with Gasteiger partial charge in [0.1, 0.15) is 5.58 Å². The summed E-state index contributed by atoms with van der Waals surface area (Å²) < 4.78 is 10.2. The molecule has 1 heterocycles. The van der Waals surface area contributed by atoms with Crippen LogP contribution in [-0.4, -0.2) is 4.37 Å². The second-order valence-electron chi connectivity index (χ2n) is 3.25. The Morgan fingerprint density at radius 1 is 0.867 bits per heavy atom. The molecule has 0 aliphatic rings. The van der Waals surface area contributed by atoms with Crippen molar-refractivity contribution in [3.63, 3.8) is 0 Å². The number of nitrogens with one attached hydrogen (secondary N) is 1. The molecule has 3 aromatic rings. The van der Waals surface area contributed by atoms with Crippen molar-refractivity contribution >= 4 is 32.9 Å². The summed E-state index contributed by atoms with van der Waals surface area (Å²) in [6.45, 7) is 0. The van der Waals surface area contributed by atoms with Gasteiger partial charge >= 0.3 is 0 Å². The number of hydrogen-bond acceptors (Lipinski definition) is 2. The predicted octanol–water partition coefficient (Wildman–Crippen LogP) is 4.10. The highest BCUT2D eigenvalue weighted by Gasteiger charge is 1.95. The fourth-order valence-electron chi connectivity index (χ4n) is 1.49. The molecule has 3 rings (SSSR count). The fourth-order valence-corrected chi connectivity index (χ4v) is 2.23. The number of H-pyrrole nitrogens is 1. The number of para-hydroxylation sites is 3. The maximum atomic E-state index is 5.82. The fraction of sp³-hybridized carbons (Fsp3) is 0. The molecule has 2 nitrogen and oxygen atoms in total. The maximum Gasteiger partial charge on any atom is 0.151 e. The van der Waals surface area contributed by atoms with E-state index in [1.54, 1.807) is 11.5 Å². The van der Waals surface area contributed by atoms with Crippen LogP contribution in [0.2, 0.25) is 0 Å². The summed E-state index contributed by atoms with van der Waals surface area (Å²) in [5.74, 6) is 0. The molecule has 2 aromatic carbocycles. The second-order valence-corrected chi connectivity index (χ2v) is 4.10. The minimum atomic E-state index is 0.870. The van der Waals surface area contributed by atoms with E-state index < -0.39 is 0 Å². The highest BCUT2D eigenvalue weighted by atomic mass is 32.1. The van der Waals surface area contributed by atoms with E-state index in [-0.39, 0.29) is 0 Å². The van der Waals surface area contributed by atoms with Gasteiger partial charge in [-0.3, -0.25) is 0 Å². The van der Waals surface area contributed by atoms with Gasteiger partial charge in [0.2, 0.25) is 0 Å². The first-order chi connectivity index (χ1) is 7.43. The van der Waals surface area contributed by atoms with Crippen LogP contribution in [0.4, 0.5) is 0 Å². The molecule has 0 unspecified atom stereocenters. The van der Waals surface area contributed by atoms with Crippen molar-refractivity contribution < 1.29 is 4.42 Å². The van der Waals surface area contributed by atoms with Crippen LogP contribution in [0.3, 0.4) is 0 Å². The van der Waals surface area contributed by atoms with E-state index in [1.165, 1.54) is 0 Å². The lowest BCUT2D eigenvalue weighted by molar-refractivity contribution is 0.663. The number of fused-ring (bicyclic) bond motifs is 2. The maximum absolute atomic E-state index is 5.82. The summed E-state index contributed by atoms with van der Waals surface area (Å²) in [4.78, 5) is 0. The lowest BCUT2D eigenvalue weighted by Crippen LogP contribution is -1.66. The van der Waals surface area contributed by atoms with Gasteiger partial charge in [0.05, 0.1) is 10.2 Å². The van der Waals surface area contributed by atoms with E-state index in [0.717, 1.165) is 21.4 Å². The van der Waals surface area contributed by atoms with E-state index in [2.05, 4.69) is 4.37 Å². The summed E-state index contributed by atoms with van der Waals surface area (Å²) in [7, 11) is 0. The summed E-state index contributed by atoms with van der Waals surface area (Å²) in [6, 6.07) is 15.9. The molecule has 74 valence electrons. The Hall–Kier alpha value is -1.74. The minimum absolute atomic E-state index is 0.870. The van der Waals surface area contributed by atoms with Gasteiger partial charge in [0.25, 0.3) is 0 Å². The molecule has 15 heavy (non-hydrogen) atoms. The topological polar surface area (TPSA) is 28.9 Å². The van der Waals surface area contributed by atoms with E-state index in [9.17, 15) is 0 Å². The predicted molar refractivity (Wildman–Crippen MR) is 63.6 cm³/mol. The lowest BCUT2D eigenvalue weighted by Gasteiger charge is -1.89. The van der Waals surface area contributed by atoms with Crippen molar-refractivity contribution in [1.82, 2.24) is 4.37 Å². The Bertz CT molecular complexity index is 590. The summed E-state index contributed by atoms with van der Waals surface area (Å²) in [5.41, 5.74) is 2.79. The zero-order valence-corrected chi connectivity index (χ0v) is 8.75.